The van der Waals surface area contributed by atoms with Crippen molar-refractivity contribution in [3.8, 4) is 34.8 Å². The van der Waals surface area contributed by atoms with Crippen LogP contribution in [0, 0.1) is 23.7 Å². The Kier molecular flexibility index (Phi) is 7.56. The number of aliphatic imine (C=N–C) groups is 1. The third-order valence-corrected chi connectivity index (χ3v) is 4.48. The summed E-state index contributed by atoms with van der Waals surface area (Å²) >= 11 is 4.61. The first-order chi connectivity index (χ1) is 14.3. The van der Waals surface area contributed by atoms with E-state index >= 15 is 0 Å². The number of isothiocyanates is 1. The van der Waals surface area contributed by atoms with Crippen LogP contribution < -0.4 is 0 Å². The second-order valence-corrected chi connectivity index (χ2v) is 6.74. The number of hydrogen-bond acceptors (Lipinski definition) is 2. The van der Waals surface area contributed by atoms with Crippen LogP contribution in [-0.4, -0.2) is 5.16 Å². The van der Waals surface area contributed by atoms with Crippen LogP contribution in [0.5, 0.6) is 0 Å². The zero-order valence-electron chi connectivity index (χ0n) is 16.4. The van der Waals surface area contributed by atoms with Crippen LogP contribution in [0.15, 0.2) is 77.8 Å². The number of nitrogens with zero attached hydrogens (tertiary/aromatic N) is 1. The summed E-state index contributed by atoms with van der Waals surface area (Å²) in [5.41, 5.74) is 6.12. The van der Waals surface area contributed by atoms with Gasteiger partial charge in [0.25, 0.3) is 0 Å². The van der Waals surface area contributed by atoms with Gasteiger partial charge in [-0.05, 0) is 78.3 Å². The van der Waals surface area contributed by atoms with Crippen molar-refractivity contribution >= 4 is 23.1 Å². The lowest BCUT2D eigenvalue weighted by Gasteiger charge is -2.02. The van der Waals surface area contributed by atoms with Gasteiger partial charge in [-0.2, -0.15) is 4.99 Å². The van der Waals surface area contributed by atoms with Crippen molar-refractivity contribution in [2.24, 2.45) is 4.99 Å². The molecular weight excluding hydrogens is 370 g/mol. The van der Waals surface area contributed by atoms with Gasteiger partial charge in [0, 0.05) is 23.1 Å². The average Bonchev–Trinajstić information content (AvgIpc) is 2.77. The van der Waals surface area contributed by atoms with Crippen molar-refractivity contribution in [1.29, 1.82) is 0 Å². The zero-order valence-corrected chi connectivity index (χ0v) is 17.2. The van der Waals surface area contributed by atoms with Gasteiger partial charge >= 0.3 is 0 Å². The Labute approximate surface area is 178 Å². The highest BCUT2D eigenvalue weighted by molar-refractivity contribution is 7.78. The minimum Gasteiger partial charge on any atom is -0.195 e. The number of unbranched alkanes of at least 4 members (excludes halogenated alkanes) is 2. The predicted octanol–water partition coefficient (Wildman–Crippen LogP) is 7.03. The van der Waals surface area contributed by atoms with Gasteiger partial charge in [-0.1, -0.05) is 61.3 Å². The van der Waals surface area contributed by atoms with Crippen LogP contribution in [-0.2, 0) is 0 Å². The molecule has 0 heterocycles. The minimum absolute atomic E-state index is 0.785. The molecule has 0 saturated heterocycles. The molecule has 140 valence electrons. The molecule has 0 saturated carbocycles. The molecule has 0 radical (unpaired) electrons. The number of hydrogen-bond donors (Lipinski definition) is 0. The molecule has 0 amide bonds. The highest BCUT2D eigenvalue weighted by Gasteiger charge is 1.98. The van der Waals surface area contributed by atoms with E-state index in [1.54, 1.807) is 0 Å². The Morgan fingerprint density at radius 3 is 1.66 bits per heavy atom. The SMILES string of the molecule is CCCCC#Cc1ccc(-c2ccc(C#Cc3ccc(N=C=S)cc3)cc2)cc1. The summed E-state index contributed by atoms with van der Waals surface area (Å²) in [7, 11) is 0. The maximum atomic E-state index is 4.61. The Morgan fingerprint density at radius 2 is 1.17 bits per heavy atom. The molecule has 29 heavy (non-hydrogen) atoms. The fourth-order valence-corrected chi connectivity index (χ4v) is 2.84. The lowest BCUT2D eigenvalue weighted by Crippen LogP contribution is -1.81. The largest absolute Gasteiger partial charge is 0.195 e. The second kappa shape index (κ2) is 10.8. The van der Waals surface area contributed by atoms with Crippen LogP contribution in [0.1, 0.15) is 42.9 Å². The monoisotopic (exact) mass is 391 g/mol. The van der Waals surface area contributed by atoms with E-state index in [0.717, 1.165) is 35.2 Å². The van der Waals surface area contributed by atoms with Gasteiger partial charge in [0.2, 0.25) is 0 Å². The highest BCUT2D eigenvalue weighted by Crippen LogP contribution is 2.20. The first kappa shape index (κ1) is 20.3. The molecule has 0 aromatic heterocycles. The maximum Gasteiger partial charge on any atom is 0.0740 e. The van der Waals surface area contributed by atoms with Gasteiger partial charge in [-0.25, -0.2) is 0 Å². The van der Waals surface area contributed by atoms with E-state index in [1.807, 2.05) is 36.4 Å². The lowest BCUT2D eigenvalue weighted by atomic mass is 10.0. The van der Waals surface area contributed by atoms with Crippen molar-refractivity contribution < 1.29 is 0 Å². The normalized spacial score (nSPS) is 9.41. The number of rotatable bonds is 4. The third kappa shape index (κ3) is 6.31. The molecule has 0 aliphatic carbocycles. The molecule has 0 aliphatic heterocycles. The van der Waals surface area contributed by atoms with Crippen LogP contribution in [0.25, 0.3) is 11.1 Å². The summed E-state index contributed by atoms with van der Waals surface area (Å²) in [5, 5.41) is 2.36. The summed E-state index contributed by atoms with van der Waals surface area (Å²) in [6.07, 6.45) is 3.31. The molecule has 1 nitrogen and oxygen atoms in total. The van der Waals surface area contributed by atoms with Crippen LogP contribution >= 0.6 is 12.2 Å². The number of thiocarbonyl (C=S) groups is 1. The van der Waals surface area contributed by atoms with E-state index in [9.17, 15) is 0 Å². The fourth-order valence-electron chi connectivity index (χ4n) is 2.74. The molecule has 3 aromatic rings. The lowest BCUT2D eigenvalue weighted by molar-refractivity contribution is 0.828. The van der Waals surface area contributed by atoms with Gasteiger partial charge < -0.3 is 0 Å². The smallest absolute Gasteiger partial charge is 0.0740 e. The summed E-state index contributed by atoms with van der Waals surface area (Å²) < 4.78 is 0. The van der Waals surface area contributed by atoms with E-state index in [2.05, 4.69) is 89.4 Å². The molecule has 2 heteroatoms. The molecular formula is C27H21NS. The van der Waals surface area contributed by atoms with E-state index in [1.165, 1.54) is 17.5 Å². The highest BCUT2D eigenvalue weighted by atomic mass is 32.1. The quantitative estimate of drug-likeness (QED) is 0.201. The van der Waals surface area contributed by atoms with Gasteiger partial charge in [0.1, 0.15) is 0 Å². The first-order valence-electron chi connectivity index (χ1n) is 9.68. The summed E-state index contributed by atoms with van der Waals surface area (Å²) in [6.45, 7) is 2.18. The first-order valence-corrected chi connectivity index (χ1v) is 10.1. The topological polar surface area (TPSA) is 12.4 Å². The standard InChI is InChI=1S/C27H21NS/c1-2-3-4-5-6-22-9-15-25(16-10-22)26-17-11-23(12-18-26)7-8-24-13-19-27(20-14-24)28-21-29/h9-20H,2-4H2,1H3. The molecule has 0 spiro atoms. The minimum atomic E-state index is 0.785. The molecule has 3 rings (SSSR count). The molecule has 0 atom stereocenters. The summed E-state index contributed by atoms with van der Waals surface area (Å²) in [4.78, 5) is 3.94. The third-order valence-electron chi connectivity index (χ3n) is 4.38. The van der Waals surface area contributed by atoms with Crippen molar-refractivity contribution in [2.45, 2.75) is 26.2 Å². The van der Waals surface area contributed by atoms with Gasteiger partial charge in [0.15, 0.2) is 0 Å². The average molecular weight is 392 g/mol. The van der Waals surface area contributed by atoms with Crippen LogP contribution in [0.4, 0.5) is 5.69 Å². The number of benzene rings is 3. The molecule has 0 unspecified atom stereocenters. The van der Waals surface area contributed by atoms with Crippen molar-refractivity contribution in [3.05, 3.63) is 89.5 Å². The van der Waals surface area contributed by atoms with Gasteiger partial charge in [-0.3, -0.25) is 0 Å². The fraction of sp³-hybridized carbons (Fsp3) is 0.148. The molecule has 0 bridgehead atoms. The molecule has 0 N–H and O–H groups in total. The van der Waals surface area contributed by atoms with Crippen LogP contribution in [0.2, 0.25) is 0 Å². The van der Waals surface area contributed by atoms with Crippen molar-refractivity contribution in [2.75, 3.05) is 0 Å². The summed E-state index contributed by atoms with van der Waals surface area (Å²) in [6, 6.07) is 24.3. The zero-order chi connectivity index (χ0) is 20.3. The molecule has 3 aromatic carbocycles. The van der Waals surface area contributed by atoms with Crippen LogP contribution in [0.3, 0.4) is 0 Å². The Bertz CT molecular complexity index is 1110. The molecule has 0 fully saturated rings. The van der Waals surface area contributed by atoms with E-state index in [-0.39, 0.29) is 0 Å². The predicted molar refractivity (Wildman–Crippen MR) is 125 cm³/mol. The van der Waals surface area contributed by atoms with Gasteiger partial charge in [-0.15, -0.1) is 0 Å². The summed E-state index contributed by atoms with van der Waals surface area (Å²) in [5.74, 6) is 12.8. The Hall–Kier alpha value is -3.42. The van der Waals surface area contributed by atoms with E-state index < -0.39 is 0 Å². The molecule has 0 aliphatic rings. The Morgan fingerprint density at radius 1 is 0.690 bits per heavy atom. The maximum absolute atomic E-state index is 4.61. The van der Waals surface area contributed by atoms with Crippen molar-refractivity contribution in [1.82, 2.24) is 0 Å². The van der Waals surface area contributed by atoms with Gasteiger partial charge in [0.05, 0.1) is 10.8 Å². The second-order valence-electron chi connectivity index (χ2n) is 6.56. The van der Waals surface area contributed by atoms with E-state index in [4.69, 9.17) is 0 Å². The van der Waals surface area contributed by atoms with Crippen molar-refractivity contribution in [3.63, 3.8) is 0 Å². The van der Waals surface area contributed by atoms with E-state index in [0.29, 0.717) is 0 Å². The Balaban J connectivity index is 1.67.